The van der Waals surface area contributed by atoms with Crippen molar-refractivity contribution in [3.05, 3.63) is 24.3 Å². The largest absolute Gasteiger partial charge is 0.384 e. The summed E-state index contributed by atoms with van der Waals surface area (Å²) in [7, 11) is 1.72. The second kappa shape index (κ2) is 6.45. The zero-order chi connectivity index (χ0) is 10.2. The molecule has 1 rings (SSSR count). The summed E-state index contributed by atoms with van der Waals surface area (Å²) in [5.74, 6) is 1.35. The zero-order valence-electron chi connectivity index (χ0n) is 8.73. The third-order valence-electron chi connectivity index (χ3n) is 1.85. The van der Waals surface area contributed by atoms with Gasteiger partial charge in [-0.2, -0.15) is 0 Å². The van der Waals surface area contributed by atoms with E-state index in [4.69, 9.17) is 4.74 Å². The fourth-order valence-electron chi connectivity index (χ4n) is 1.20. The van der Waals surface area contributed by atoms with Crippen LogP contribution in [0.4, 0.5) is 0 Å². The van der Waals surface area contributed by atoms with E-state index in [2.05, 4.69) is 22.2 Å². The summed E-state index contributed by atoms with van der Waals surface area (Å²) < 4.78 is 5.04. The molecular formula is C10H17N3O. The SMILES string of the molecule is COCC(C)CNCc1ncccn1. The van der Waals surface area contributed by atoms with Gasteiger partial charge in [0.1, 0.15) is 5.82 Å². The predicted octanol–water partition coefficient (Wildman–Crippen LogP) is 0.849. The number of methoxy groups -OCH3 is 1. The molecule has 0 radical (unpaired) electrons. The molecule has 0 aliphatic rings. The van der Waals surface area contributed by atoms with E-state index in [0.717, 1.165) is 25.5 Å². The van der Waals surface area contributed by atoms with Gasteiger partial charge in [0.25, 0.3) is 0 Å². The van der Waals surface area contributed by atoms with Gasteiger partial charge in [-0.3, -0.25) is 0 Å². The van der Waals surface area contributed by atoms with Crippen molar-refractivity contribution in [1.82, 2.24) is 15.3 Å². The topological polar surface area (TPSA) is 47.0 Å². The maximum absolute atomic E-state index is 5.04. The molecular weight excluding hydrogens is 178 g/mol. The first kappa shape index (κ1) is 11.1. The quantitative estimate of drug-likeness (QED) is 0.731. The number of rotatable bonds is 6. The number of aromatic nitrogens is 2. The average Bonchev–Trinajstić information content (AvgIpc) is 2.20. The van der Waals surface area contributed by atoms with Gasteiger partial charge in [0.15, 0.2) is 0 Å². The maximum Gasteiger partial charge on any atom is 0.141 e. The molecule has 0 bridgehead atoms. The summed E-state index contributed by atoms with van der Waals surface area (Å²) in [6.45, 7) is 4.56. The molecule has 0 aliphatic heterocycles. The molecule has 0 aromatic carbocycles. The van der Waals surface area contributed by atoms with E-state index in [1.165, 1.54) is 0 Å². The van der Waals surface area contributed by atoms with Crippen molar-refractivity contribution < 1.29 is 4.74 Å². The molecule has 0 saturated heterocycles. The number of hydrogen-bond acceptors (Lipinski definition) is 4. The van der Waals surface area contributed by atoms with Crippen LogP contribution in [0.1, 0.15) is 12.7 Å². The van der Waals surface area contributed by atoms with Crippen molar-refractivity contribution in [3.63, 3.8) is 0 Å². The Labute approximate surface area is 84.7 Å². The smallest absolute Gasteiger partial charge is 0.141 e. The summed E-state index contributed by atoms with van der Waals surface area (Å²) >= 11 is 0. The van der Waals surface area contributed by atoms with Crippen molar-refractivity contribution in [2.45, 2.75) is 13.5 Å². The minimum Gasteiger partial charge on any atom is -0.384 e. The molecule has 1 heterocycles. The van der Waals surface area contributed by atoms with E-state index in [1.54, 1.807) is 19.5 Å². The van der Waals surface area contributed by atoms with Gasteiger partial charge in [-0.05, 0) is 12.0 Å². The van der Waals surface area contributed by atoms with Crippen LogP contribution < -0.4 is 5.32 Å². The van der Waals surface area contributed by atoms with Gasteiger partial charge in [-0.15, -0.1) is 0 Å². The van der Waals surface area contributed by atoms with Crippen LogP contribution in [-0.2, 0) is 11.3 Å². The normalized spacial score (nSPS) is 12.7. The van der Waals surface area contributed by atoms with E-state index in [1.807, 2.05) is 6.07 Å². The van der Waals surface area contributed by atoms with Crippen LogP contribution in [0.2, 0.25) is 0 Å². The number of hydrogen-bond donors (Lipinski definition) is 1. The van der Waals surface area contributed by atoms with E-state index >= 15 is 0 Å². The van der Waals surface area contributed by atoms with Crippen LogP contribution in [0.25, 0.3) is 0 Å². The Morgan fingerprint density at radius 3 is 2.79 bits per heavy atom. The molecule has 0 spiro atoms. The third kappa shape index (κ3) is 4.30. The van der Waals surface area contributed by atoms with Gasteiger partial charge in [0.05, 0.1) is 6.54 Å². The Morgan fingerprint density at radius 1 is 1.43 bits per heavy atom. The van der Waals surface area contributed by atoms with Gasteiger partial charge < -0.3 is 10.1 Å². The van der Waals surface area contributed by atoms with E-state index in [9.17, 15) is 0 Å². The first-order valence-electron chi connectivity index (χ1n) is 4.78. The van der Waals surface area contributed by atoms with Crippen LogP contribution in [0.5, 0.6) is 0 Å². The summed E-state index contributed by atoms with van der Waals surface area (Å²) in [5, 5.41) is 3.28. The summed E-state index contributed by atoms with van der Waals surface area (Å²) in [4.78, 5) is 8.23. The molecule has 1 aromatic heterocycles. The van der Waals surface area contributed by atoms with Crippen LogP contribution >= 0.6 is 0 Å². The third-order valence-corrected chi connectivity index (χ3v) is 1.85. The molecule has 0 aliphatic carbocycles. The highest BCUT2D eigenvalue weighted by atomic mass is 16.5. The molecule has 14 heavy (non-hydrogen) atoms. The Bertz CT molecular complexity index is 240. The van der Waals surface area contributed by atoms with Gasteiger partial charge >= 0.3 is 0 Å². The molecule has 78 valence electrons. The average molecular weight is 195 g/mol. The van der Waals surface area contributed by atoms with Gasteiger partial charge in [-0.25, -0.2) is 9.97 Å². The van der Waals surface area contributed by atoms with Crippen LogP contribution in [0.3, 0.4) is 0 Å². The molecule has 0 saturated carbocycles. The van der Waals surface area contributed by atoms with Gasteiger partial charge in [0, 0.05) is 32.7 Å². The zero-order valence-corrected chi connectivity index (χ0v) is 8.73. The van der Waals surface area contributed by atoms with E-state index < -0.39 is 0 Å². The predicted molar refractivity (Wildman–Crippen MR) is 54.8 cm³/mol. The Morgan fingerprint density at radius 2 is 2.14 bits per heavy atom. The minimum atomic E-state index is 0.517. The summed E-state index contributed by atoms with van der Waals surface area (Å²) in [6, 6.07) is 1.82. The van der Waals surface area contributed by atoms with Crippen molar-refractivity contribution >= 4 is 0 Å². The van der Waals surface area contributed by atoms with Crippen LogP contribution in [-0.4, -0.2) is 30.2 Å². The number of nitrogens with one attached hydrogen (secondary N) is 1. The monoisotopic (exact) mass is 195 g/mol. The van der Waals surface area contributed by atoms with Gasteiger partial charge in [0.2, 0.25) is 0 Å². The lowest BCUT2D eigenvalue weighted by Gasteiger charge is -2.10. The second-order valence-electron chi connectivity index (χ2n) is 3.36. The minimum absolute atomic E-state index is 0.517. The molecule has 1 unspecified atom stereocenters. The summed E-state index contributed by atoms with van der Waals surface area (Å²) in [5.41, 5.74) is 0. The molecule has 4 nitrogen and oxygen atoms in total. The highest BCUT2D eigenvalue weighted by Gasteiger charge is 2.00. The maximum atomic E-state index is 5.04. The standard InChI is InChI=1S/C10H17N3O/c1-9(8-14-2)6-11-7-10-12-4-3-5-13-10/h3-5,9,11H,6-8H2,1-2H3. The van der Waals surface area contributed by atoms with Crippen molar-refractivity contribution in [2.24, 2.45) is 5.92 Å². The van der Waals surface area contributed by atoms with Crippen molar-refractivity contribution in [3.8, 4) is 0 Å². The lowest BCUT2D eigenvalue weighted by Crippen LogP contribution is -2.24. The number of nitrogens with zero attached hydrogens (tertiary/aromatic N) is 2. The van der Waals surface area contributed by atoms with Crippen molar-refractivity contribution in [1.29, 1.82) is 0 Å². The lowest BCUT2D eigenvalue weighted by atomic mass is 10.2. The molecule has 1 aromatic rings. The highest BCUT2D eigenvalue weighted by molar-refractivity contribution is 4.87. The summed E-state index contributed by atoms with van der Waals surface area (Å²) in [6.07, 6.45) is 3.51. The van der Waals surface area contributed by atoms with Crippen molar-refractivity contribution in [2.75, 3.05) is 20.3 Å². The molecule has 1 N–H and O–H groups in total. The fraction of sp³-hybridized carbons (Fsp3) is 0.600. The molecule has 4 heteroatoms. The van der Waals surface area contributed by atoms with Crippen LogP contribution in [0, 0.1) is 5.92 Å². The van der Waals surface area contributed by atoms with E-state index in [-0.39, 0.29) is 0 Å². The second-order valence-corrected chi connectivity index (χ2v) is 3.36. The lowest BCUT2D eigenvalue weighted by molar-refractivity contribution is 0.158. The molecule has 0 amide bonds. The first-order chi connectivity index (χ1) is 6.83. The number of ether oxygens (including phenoxy) is 1. The Balaban J connectivity index is 2.16. The van der Waals surface area contributed by atoms with E-state index in [0.29, 0.717) is 5.92 Å². The molecule has 1 atom stereocenters. The fourth-order valence-corrected chi connectivity index (χ4v) is 1.20. The Hall–Kier alpha value is -1.00. The molecule has 0 fully saturated rings. The Kier molecular flexibility index (Phi) is 5.11. The van der Waals surface area contributed by atoms with Gasteiger partial charge in [-0.1, -0.05) is 6.92 Å². The first-order valence-corrected chi connectivity index (χ1v) is 4.78. The highest BCUT2D eigenvalue weighted by Crippen LogP contribution is 1.93. The van der Waals surface area contributed by atoms with Crippen LogP contribution in [0.15, 0.2) is 18.5 Å².